The SMILES string of the molecule is CCC(CN)Oc1cc2ccccc2cc1C(=O)O. The molecule has 0 aliphatic rings. The van der Waals surface area contributed by atoms with Gasteiger partial charge in [-0.3, -0.25) is 0 Å². The summed E-state index contributed by atoms with van der Waals surface area (Å²) in [6.07, 6.45) is 0.571. The van der Waals surface area contributed by atoms with Gasteiger partial charge in [0.25, 0.3) is 0 Å². The molecule has 0 aromatic heterocycles. The first-order valence-electron chi connectivity index (χ1n) is 6.28. The number of rotatable bonds is 5. The molecule has 0 bridgehead atoms. The van der Waals surface area contributed by atoms with Crippen LogP contribution in [0.1, 0.15) is 23.7 Å². The molecular formula is C15H17NO3. The van der Waals surface area contributed by atoms with E-state index < -0.39 is 5.97 Å². The fourth-order valence-electron chi connectivity index (χ4n) is 1.96. The highest BCUT2D eigenvalue weighted by atomic mass is 16.5. The van der Waals surface area contributed by atoms with E-state index in [2.05, 4.69) is 0 Å². The van der Waals surface area contributed by atoms with Crippen LogP contribution in [0.2, 0.25) is 0 Å². The Hall–Kier alpha value is -2.07. The third kappa shape index (κ3) is 2.85. The van der Waals surface area contributed by atoms with Gasteiger partial charge in [0.05, 0.1) is 0 Å². The van der Waals surface area contributed by atoms with Gasteiger partial charge >= 0.3 is 5.97 Å². The molecule has 1 unspecified atom stereocenters. The molecule has 3 N–H and O–H groups in total. The lowest BCUT2D eigenvalue weighted by molar-refractivity contribution is 0.0689. The molecule has 0 amide bonds. The zero-order valence-corrected chi connectivity index (χ0v) is 10.8. The summed E-state index contributed by atoms with van der Waals surface area (Å²) in [6, 6.07) is 11.0. The predicted octanol–water partition coefficient (Wildman–Crippen LogP) is 2.65. The zero-order chi connectivity index (χ0) is 13.8. The van der Waals surface area contributed by atoms with Gasteiger partial charge < -0.3 is 15.6 Å². The Labute approximate surface area is 111 Å². The smallest absolute Gasteiger partial charge is 0.339 e. The molecule has 1 atom stereocenters. The molecule has 0 saturated carbocycles. The number of carbonyl (C=O) groups is 1. The molecule has 4 heteroatoms. The highest BCUT2D eigenvalue weighted by Gasteiger charge is 2.15. The van der Waals surface area contributed by atoms with Crippen LogP contribution in [-0.2, 0) is 0 Å². The van der Waals surface area contributed by atoms with E-state index in [0.29, 0.717) is 12.3 Å². The molecule has 2 rings (SSSR count). The lowest BCUT2D eigenvalue weighted by atomic mass is 10.1. The molecule has 100 valence electrons. The quantitative estimate of drug-likeness (QED) is 0.865. The van der Waals surface area contributed by atoms with Crippen LogP contribution in [0, 0.1) is 0 Å². The van der Waals surface area contributed by atoms with Crippen LogP contribution in [-0.4, -0.2) is 23.7 Å². The van der Waals surface area contributed by atoms with E-state index in [1.54, 1.807) is 12.1 Å². The average Bonchev–Trinajstić information content (AvgIpc) is 2.43. The van der Waals surface area contributed by atoms with Crippen LogP contribution in [0.4, 0.5) is 0 Å². The minimum atomic E-state index is -0.993. The molecule has 19 heavy (non-hydrogen) atoms. The first-order chi connectivity index (χ1) is 9.15. The van der Waals surface area contributed by atoms with Crippen molar-refractivity contribution in [1.29, 1.82) is 0 Å². The summed E-state index contributed by atoms with van der Waals surface area (Å²) in [7, 11) is 0. The van der Waals surface area contributed by atoms with Crippen molar-refractivity contribution in [2.24, 2.45) is 5.73 Å². The van der Waals surface area contributed by atoms with Crippen molar-refractivity contribution in [2.75, 3.05) is 6.54 Å². The molecule has 0 aliphatic carbocycles. The van der Waals surface area contributed by atoms with Gasteiger partial charge in [0.2, 0.25) is 0 Å². The number of carboxylic acids is 1. The van der Waals surface area contributed by atoms with Gasteiger partial charge in [0, 0.05) is 6.54 Å². The van der Waals surface area contributed by atoms with Crippen LogP contribution in [0.15, 0.2) is 36.4 Å². The standard InChI is InChI=1S/C15H17NO3/c1-2-12(9-16)19-14-8-11-6-4-3-5-10(11)7-13(14)15(17)18/h3-8,12H,2,9,16H2,1H3,(H,17,18). The number of nitrogens with two attached hydrogens (primary N) is 1. The molecule has 0 heterocycles. The Kier molecular flexibility index (Phi) is 4.02. The summed E-state index contributed by atoms with van der Waals surface area (Å²) in [5.74, 6) is -0.615. The van der Waals surface area contributed by atoms with E-state index in [4.69, 9.17) is 10.5 Å². The van der Waals surface area contributed by atoms with Gasteiger partial charge in [-0.2, -0.15) is 0 Å². The third-order valence-corrected chi connectivity index (χ3v) is 3.09. The molecule has 0 fully saturated rings. The number of carboxylic acid groups (broad SMARTS) is 1. The fraction of sp³-hybridized carbons (Fsp3) is 0.267. The van der Waals surface area contributed by atoms with Crippen molar-refractivity contribution in [3.05, 3.63) is 42.0 Å². The van der Waals surface area contributed by atoms with Crippen molar-refractivity contribution in [3.63, 3.8) is 0 Å². The monoisotopic (exact) mass is 259 g/mol. The van der Waals surface area contributed by atoms with E-state index >= 15 is 0 Å². The van der Waals surface area contributed by atoms with E-state index in [-0.39, 0.29) is 11.7 Å². The molecule has 2 aromatic rings. The van der Waals surface area contributed by atoms with Gasteiger partial charge in [-0.15, -0.1) is 0 Å². The lowest BCUT2D eigenvalue weighted by Gasteiger charge is -2.17. The topological polar surface area (TPSA) is 72.5 Å². The summed E-state index contributed by atoms with van der Waals surface area (Å²) in [5, 5.41) is 11.1. The lowest BCUT2D eigenvalue weighted by Crippen LogP contribution is -2.26. The van der Waals surface area contributed by atoms with Crippen molar-refractivity contribution in [1.82, 2.24) is 0 Å². The van der Waals surface area contributed by atoms with Gasteiger partial charge in [-0.05, 0) is 29.3 Å². The Morgan fingerprint density at radius 1 is 1.32 bits per heavy atom. The Bertz CT molecular complexity index is 591. The number of fused-ring (bicyclic) bond motifs is 1. The first kappa shape index (κ1) is 13.4. The van der Waals surface area contributed by atoms with Gasteiger partial charge in [-0.1, -0.05) is 31.2 Å². The fourth-order valence-corrected chi connectivity index (χ4v) is 1.96. The van der Waals surface area contributed by atoms with E-state index in [0.717, 1.165) is 17.2 Å². The minimum Gasteiger partial charge on any atom is -0.488 e. The Balaban J connectivity index is 2.50. The molecule has 0 radical (unpaired) electrons. The van der Waals surface area contributed by atoms with Crippen LogP contribution in [0.3, 0.4) is 0 Å². The Morgan fingerprint density at radius 2 is 1.95 bits per heavy atom. The summed E-state index contributed by atoms with van der Waals surface area (Å²) >= 11 is 0. The van der Waals surface area contributed by atoms with Crippen molar-refractivity contribution in [3.8, 4) is 5.75 Å². The maximum atomic E-state index is 11.3. The van der Waals surface area contributed by atoms with Gasteiger partial charge in [-0.25, -0.2) is 4.79 Å². The summed E-state index contributed by atoms with van der Waals surface area (Å²) in [6.45, 7) is 2.32. The summed E-state index contributed by atoms with van der Waals surface area (Å²) in [5.41, 5.74) is 5.77. The van der Waals surface area contributed by atoms with Crippen LogP contribution in [0.5, 0.6) is 5.75 Å². The van der Waals surface area contributed by atoms with Gasteiger partial charge in [0.1, 0.15) is 17.4 Å². The van der Waals surface area contributed by atoms with E-state index in [1.165, 1.54) is 0 Å². The molecule has 0 aliphatic heterocycles. The Morgan fingerprint density at radius 3 is 2.47 bits per heavy atom. The zero-order valence-electron chi connectivity index (χ0n) is 10.8. The number of hydrogen-bond donors (Lipinski definition) is 2. The van der Waals surface area contributed by atoms with Crippen LogP contribution >= 0.6 is 0 Å². The highest BCUT2D eigenvalue weighted by molar-refractivity contribution is 5.97. The summed E-state index contributed by atoms with van der Waals surface area (Å²) in [4.78, 5) is 11.3. The molecule has 0 saturated heterocycles. The molecular weight excluding hydrogens is 242 g/mol. The largest absolute Gasteiger partial charge is 0.488 e. The first-order valence-corrected chi connectivity index (χ1v) is 6.28. The predicted molar refractivity (Wildman–Crippen MR) is 74.7 cm³/mol. The number of benzene rings is 2. The van der Waals surface area contributed by atoms with Gasteiger partial charge in [0.15, 0.2) is 0 Å². The van der Waals surface area contributed by atoms with Crippen LogP contribution < -0.4 is 10.5 Å². The normalized spacial score (nSPS) is 12.3. The van der Waals surface area contributed by atoms with Crippen molar-refractivity contribution >= 4 is 16.7 Å². The second-order valence-electron chi connectivity index (χ2n) is 4.38. The number of hydrogen-bond acceptors (Lipinski definition) is 3. The van der Waals surface area contributed by atoms with Crippen molar-refractivity contribution in [2.45, 2.75) is 19.4 Å². The molecule has 2 aromatic carbocycles. The number of ether oxygens (including phenoxy) is 1. The van der Waals surface area contributed by atoms with E-state index in [9.17, 15) is 9.90 Å². The third-order valence-electron chi connectivity index (χ3n) is 3.09. The van der Waals surface area contributed by atoms with Crippen molar-refractivity contribution < 1.29 is 14.6 Å². The maximum absolute atomic E-state index is 11.3. The second kappa shape index (κ2) is 5.71. The summed E-state index contributed by atoms with van der Waals surface area (Å²) < 4.78 is 5.71. The second-order valence-corrected chi connectivity index (χ2v) is 4.38. The highest BCUT2D eigenvalue weighted by Crippen LogP contribution is 2.27. The maximum Gasteiger partial charge on any atom is 0.339 e. The molecule has 4 nitrogen and oxygen atoms in total. The number of aromatic carboxylic acids is 1. The molecule has 0 spiro atoms. The average molecular weight is 259 g/mol. The minimum absolute atomic E-state index is 0.167. The van der Waals surface area contributed by atoms with Crippen LogP contribution in [0.25, 0.3) is 10.8 Å². The van der Waals surface area contributed by atoms with E-state index in [1.807, 2.05) is 31.2 Å².